The predicted octanol–water partition coefficient (Wildman–Crippen LogP) is 4.17. The molecular weight excluding hydrogens is 234 g/mol. The summed E-state index contributed by atoms with van der Waals surface area (Å²) in [7, 11) is 0. The number of rotatable bonds is 3. The first-order valence-corrected chi connectivity index (χ1v) is 5.64. The molecule has 0 aliphatic carbocycles. The second kappa shape index (κ2) is 5.12. The third-order valence-corrected chi connectivity index (χ3v) is 3.03. The lowest BCUT2D eigenvalue weighted by molar-refractivity contribution is 0.996. The summed E-state index contributed by atoms with van der Waals surface area (Å²) in [6.07, 6.45) is 0. The van der Waals surface area contributed by atoms with Gasteiger partial charge in [0, 0.05) is 15.9 Å². The molecule has 1 aromatic carbocycles. The zero-order chi connectivity index (χ0) is 12.1. The largest absolute Gasteiger partial charge is 0.241 e. The Balaban J connectivity index is 2.24. The first kappa shape index (κ1) is 11.1. The van der Waals surface area contributed by atoms with Crippen LogP contribution in [0.15, 0.2) is 34.8 Å². The first-order valence-electron chi connectivity index (χ1n) is 4.76. The van der Waals surface area contributed by atoms with Crippen LogP contribution < -0.4 is 0 Å². The summed E-state index contributed by atoms with van der Waals surface area (Å²) < 4.78 is 0. The van der Waals surface area contributed by atoms with Crippen molar-refractivity contribution in [3.05, 3.63) is 57.2 Å². The lowest BCUT2D eigenvalue weighted by atomic mass is 10.2. The van der Waals surface area contributed by atoms with Crippen LogP contribution in [-0.4, -0.2) is 4.98 Å². The second-order valence-electron chi connectivity index (χ2n) is 3.19. The van der Waals surface area contributed by atoms with Gasteiger partial charge < -0.3 is 0 Å². The van der Waals surface area contributed by atoms with Crippen LogP contribution in [0, 0.1) is 6.57 Å². The highest BCUT2D eigenvalue weighted by Gasteiger charge is 2.03. The molecule has 0 spiro atoms. The van der Waals surface area contributed by atoms with Crippen molar-refractivity contribution in [2.24, 2.45) is 5.11 Å². The Bertz CT molecular complexity index is 602. The maximum absolute atomic E-state index is 8.21. The first-order chi connectivity index (χ1) is 8.33. The molecule has 1 aromatic heterocycles. The molecule has 0 aliphatic heterocycles. The van der Waals surface area contributed by atoms with Gasteiger partial charge in [-0.25, -0.2) is 9.83 Å². The highest BCUT2D eigenvalue weighted by Crippen LogP contribution is 2.26. The van der Waals surface area contributed by atoms with Gasteiger partial charge in [-0.05, 0) is 5.53 Å². The van der Waals surface area contributed by atoms with Crippen LogP contribution in [0.1, 0.15) is 5.69 Å². The van der Waals surface area contributed by atoms with Gasteiger partial charge in [-0.3, -0.25) is 0 Å². The van der Waals surface area contributed by atoms with Crippen LogP contribution in [0.25, 0.3) is 25.9 Å². The molecule has 5 nitrogen and oxygen atoms in total. The number of hydrogen-bond donors (Lipinski definition) is 0. The number of aromatic nitrogens is 1. The summed E-state index contributed by atoms with van der Waals surface area (Å²) in [5, 5.41) is 6.19. The lowest BCUT2D eigenvalue weighted by Gasteiger charge is -1.95. The summed E-state index contributed by atoms with van der Waals surface area (Å²) in [4.78, 5) is 10.4. The van der Waals surface area contributed by atoms with E-state index in [9.17, 15) is 0 Å². The number of benzene rings is 1. The number of azide groups is 1. The highest BCUT2D eigenvalue weighted by molar-refractivity contribution is 7.13. The predicted molar refractivity (Wildman–Crippen MR) is 66.7 cm³/mol. The van der Waals surface area contributed by atoms with Crippen LogP contribution >= 0.6 is 11.3 Å². The summed E-state index contributed by atoms with van der Waals surface area (Å²) >= 11 is 1.49. The standard InChI is InChI=1S/C11H7N5S/c1-13-9-4-2-8(3-5-9)11-15-10(7-17-11)6-14-16-12/h2-5,7H,6H2. The fourth-order valence-electron chi connectivity index (χ4n) is 1.29. The van der Waals surface area contributed by atoms with Gasteiger partial charge in [-0.15, -0.1) is 11.3 Å². The van der Waals surface area contributed by atoms with E-state index in [1.807, 2.05) is 17.5 Å². The number of thiazole rings is 1. The van der Waals surface area contributed by atoms with E-state index < -0.39 is 0 Å². The van der Waals surface area contributed by atoms with Crippen molar-refractivity contribution >= 4 is 17.0 Å². The normalized spacial score (nSPS) is 9.35. The van der Waals surface area contributed by atoms with Gasteiger partial charge in [0.05, 0.1) is 18.8 Å². The summed E-state index contributed by atoms with van der Waals surface area (Å²) in [6, 6.07) is 7.25. The fraction of sp³-hybridized carbons (Fsp3) is 0.0909. The van der Waals surface area contributed by atoms with Crippen molar-refractivity contribution in [1.82, 2.24) is 4.98 Å². The molecule has 0 N–H and O–H groups in total. The van der Waals surface area contributed by atoms with Gasteiger partial charge in [-0.1, -0.05) is 29.4 Å². The third kappa shape index (κ3) is 2.61. The maximum atomic E-state index is 8.21. The van der Waals surface area contributed by atoms with Crippen molar-refractivity contribution in [2.45, 2.75) is 6.54 Å². The Hall–Kier alpha value is -2.35. The van der Waals surface area contributed by atoms with Crippen molar-refractivity contribution in [1.29, 1.82) is 0 Å². The maximum Gasteiger partial charge on any atom is 0.187 e. The van der Waals surface area contributed by atoms with Crippen molar-refractivity contribution in [2.75, 3.05) is 0 Å². The van der Waals surface area contributed by atoms with Gasteiger partial charge in [0.1, 0.15) is 5.01 Å². The van der Waals surface area contributed by atoms with E-state index in [1.165, 1.54) is 11.3 Å². The minimum Gasteiger partial charge on any atom is -0.241 e. The molecule has 1 heterocycles. The Labute approximate surface area is 102 Å². The minimum absolute atomic E-state index is 0.271. The van der Waals surface area contributed by atoms with E-state index in [1.54, 1.807) is 12.1 Å². The van der Waals surface area contributed by atoms with Gasteiger partial charge in [0.25, 0.3) is 0 Å². The van der Waals surface area contributed by atoms with Crippen LogP contribution in [0.3, 0.4) is 0 Å². The topological polar surface area (TPSA) is 66.0 Å². The number of nitrogens with zero attached hydrogens (tertiary/aromatic N) is 5. The molecule has 0 unspecified atom stereocenters. The lowest BCUT2D eigenvalue weighted by Crippen LogP contribution is -1.80. The molecule has 6 heteroatoms. The van der Waals surface area contributed by atoms with Crippen molar-refractivity contribution in [3.8, 4) is 10.6 Å². The molecule has 0 aliphatic rings. The molecule has 82 valence electrons. The molecule has 0 atom stereocenters. The van der Waals surface area contributed by atoms with Crippen LogP contribution in [0.4, 0.5) is 5.69 Å². The van der Waals surface area contributed by atoms with Gasteiger partial charge in [-0.2, -0.15) is 0 Å². The summed E-state index contributed by atoms with van der Waals surface area (Å²) in [5.74, 6) is 0. The van der Waals surface area contributed by atoms with Crippen molar-refractivity contribution < 1.29 is 0 Å². The molecule has 0 bridgehead atoms. The van der Waals surface area contributed by atoms with E-state index in [4.69, 9.17) is 12.1 Å². The van der Waals surface area contributed by atoms with Crippen LogP contribution in [0.2, 0.25) is 0 Å². The van der Waals surface area contributed by atoms with E-state index in [2.05, 4.69) is 19.9 Å². The summed E-state index contributed by atoms with van der Waals surface area (Å²) in [5.41, 5.74) is 10.6. The third-order valence-electron chi connectivity index (χ3n) is 2.09. The molecule has 0 saturated heterocycles. The molecule has 0 amide bonds. The van der Waals surface area contributed by atoms with Gasteiger partial charge in [0.2, 0.25) is 0 Å². The Morgan fingerprint density at radius 2 is 2.12 bits per heavy atom. The van der Waals surface area contributed by atoms with E-state index >= 15 is 0 Å². The second-order valence-corrected chi connectivity index (χ2v) is 4.05. The van der Waals surface area contributed by atoms with Crippen LogP contribution in [0.5, 0.6) is 0 Å². The summed E-state index contributed by atoms with van der Waals surface area (Å²) in [6.45, 7) is 7.14. The van der Waals surface area contributed by atoms with E-state index in [0.717, 1.165) is 16.3 Å². The van der Waals surface area contributed by atoms with Gasteiger partial charge in [0.15, 0.2) is 5.69 Å². The fourth-order valence-corrected chi connectivity index (χ4v) is 2.11. The minimum atomic E-state index is 0.271. The van der Waals surface area contributed by atoms with Crippen molar-refractivity contribution in [3.63, 3.8) is 0 Å². The molecular formula is C11H7N5S. The highest BCUT2D eigenvalue weighted by atomic mass is 32.1. The molecule has 0 saturated carbocycles. The number of hydrogen-bond acceptors (Lipinski definition) is 3. The Morgan fingerprint density at radius 1 is 1.35 bits per heavy atom. The monoisotopic (exact) mass is 241 g/mol. The molecule has 2 rings (SSSR count). The average Bonchev–Trinajstić information content (AvgIpc) is 2.85. The van der Waals surface area contributed by atoms with Gasteiger partial charge >= 0.3 is 0 Å². The molecule has 2 aromatic rings. The molecule has 0 radical (unpaired) electrons. The van der Waals surface area contributed by atoms with Crippen LogP contribution in [-0.2, 0) is 6.54 Å². The zero-order valence-electron chi connectivity index (χ0n) is 8.74. The Morgan fingerprint density at radius 3 is 2.76 bits per heavy atom. The smallest absolute Gasteiger partial charge is 0.187 e. The average molecular weight is 241 g/mol. The van der Waals surface area contributed by atoms with E-state index in [0.29, 0.717) is 5.69 Å². The molecule has 0 fully saturated rings. The SMILES string of the molecule is [C-]#[N+]c1ccc(-c2nc(CN=[N+]=[N-])cs2)cc1. The Kier molecular flexibility index (Phi) is 3.36. The van der Waals surface area contributed by atoms with E-state index in [-0.39, 0.29) is 6.54 Å². The zero-order valence-corrected chi connectivity index (χ0v) is 9.55. The molecule has 17 heavy (non-hydrogen) atoms. The quantitative estimate of drug-likeness (QED) is 0.344.